The Morgan fingerprint density at radius 3 is 2.62 bits per heavy atom. The van der Waals surface area contributed by atoms with Crippen molar-refractivity contribution in [2.75, 3.05) is 5.32 Å². The van der Waals surface area contributed by atoms with Gasteiger partial charge in [0.25, 0.3) is 0 Å². The number of halogens is 3. The van der Waals surface area contributed by atoms with Crippen LogP contribution in [0.1, 0.15) is 38.4 Å². The molecule has 0 radical (unpaired) electrons. The van der Waals surface area contributed by atoms with Gasteiger partial charge in [-0.3, -0.25) is 4.68 Å². The van der Waals surface area contributed by atoms with Crippen LogP contribution in [0.5, 0.6) is 0 Å². The van der Waals surface area contributed by atoms with Crippen molar-refractivity contribution >= 4 is 17.3 Å². The van der Waals surface area contributed by atoms with Gasteiger partial charge in [-0.25, -0.2) is 8.78 Å². The van der Waals surface area contributed by atoms with Gasteiger partial charge in [0.05, 0.1) is 29.0 Å². The molecular weight excluding hydrogens is 296 g/mol. The van der Waals surface area contributed by atoms with Gasteiger partial charge in [-0.05, 0) is 25.0 Å². The molecule has 1 heterocycles. The Labute approximate surface area is 127 Å². The van der Waals surface area contributed by atoms with Crippen LogP contribution in [0.4, 0.5) is 14.5 Å². The van der Waals surface area contributed by atoms with E-state index >= 15 is 0 Å². The standard InChI is InChI=1S/C15H18ClF2N3/c1-3-12(4-2)21-6-5-11(20-21)9-19-15-13(16)7-10(17)8-14(15)18/h5-8,12,19H,3-4,9H2,1-2H3. The lowest BCUT2D eigenvalue weighted by atomic mass is 10.2. The molecule has 0 atom stereocenters. The zero-order chi connectivity index (χ0) is 15.4. The summed E-state index contributed by atoms with van der Waals surface area (Å²) in [5.41, 5.74) is 0.872. The lowest BCUT2D eigenvalue weighted by Crippen LogP contribution is -2.09. The SMILES string of the molecule is CCC(CC)n1ccc(CNc2c(F)cc(F)cc2Cl)n1. The largest absolute Gasteiger partial charge is 0.376 e. The van der Waals surface area contributed by atoms with Gasteiger partial charge in [0, 0.05) is 12.3 Å². The molecule has 2 rings (SSSR count). The highest BCUT2D eigenvalue weighted by Crippen LogP contribution is 2.26. The van der Waals surface area contributed by atoms with Gasteiger partial charge in [0.1, 0.15) is 5.82 Å². The van der Waals surface area contributed by atoms with E-state index in [1.165, 1.54) is 0 Å². The minimum Gasteiger partial charge on any atom is -0.376 e. The summed E-state index contributed by atoms with van der Waals surface area (Å²) in [5.74, 6) is -1.40. The summed E-state index contributed by atoms with van der Waals surface area (Å²) in [6.45, 7) is 4.55. The van der Waals surface area contributed by atoms with Crippen molar-refractivity contribution in [3.05, 3.63) is 46.7 Å². The number of benzene rings is 1. The fraction of sp³-hybridized carbons (Fsp3) is 0.400. The molecule has 6 heteroatoms. The first-order valence-electron chi connectivity index (χ1n) is 6.97. The van der Waals surface area contributed by atoms with Crippen LogP contribution in [0.15, 0.2) is 24.4 Å². The Morgan fingerprint density at radius 1 is 1.29 bits per heavy atom. The van der Waals surface area contributed by atoms with E-state index in [1.54, 1.807) is 0 Å². The van der Waals surface area contributed by atoms with Crippen LogP contribution in [-0.2, 0) is 6.54 Å². The highest BCUT2D eigenvalue weighted by molar-refractivity contribution is 6.33. The molecule has 0 aliphatic carbocycles. The summed E-state index contributed by atoms with van der Waals surface area (Å²) >= 11 is 5.83. The Balaban J connectivity index is 2.07. The Morgan fingerprint density at radius 2 is 2.00 bits per heavy atom. The monoisotopic (exact) mass is 313 g/mol. The van der Waals surface area contributed by atoms with Crippen LogP contribution in [-0.4, -0.2) is 9.78 Å². The molecule has 0 fully saturated rings. The number of nitrogens with zero attached hydrogens (tertiary/aromatic N) is 2. The molecule has 1 aromatic carbocycles. The van der Waals surface area contributed by atoms with E-state index in [0.29, 0.717) is 12.6 Å². The Bertz CT molecular complexity index is 586. The minimum atomic E-state index is -0.709. The number of anilines is 1. The van der Waals surface area contributed by atoms with Gasteiger partial charge >= 0.3 is 0 Å². The van der Waals surface area contributed by atoms with E-state index < -0.39 is 11.6 Å². The third-order valence-electron chi connectivity index (χ3n) is 3.43. The van der Waals surface area contributed by atoms with Crippen LogP contribution >= 0.6 is 11.6 Å². The molecule has 0 aliphatic rings. The third kappa shape index (κ3) is 3.73. The maximum atomic E-state index is 13.6. The lowest BCUT2D eigenvalue weighted by molar-refractivity contribution is 0.426. The van der Waals surface area contributed by atoms with Gasteiger partial charge in [-0.2, -0.15) is 5.10 Å². The molecule has 0 amide bonds. The smallest absolute Gasteiger partial charge is 0.150 e. The maximum Gasteiger partial charge on any atom is 0.150 e. The molecule has 114 valence electrons. The second-order valence-corrected chi connectivity index (χ2v) is 5.26. The van der Waals surface area contributed by atoms with E-state index in [9.17, 15) is 8.78 Å². The quantitative estimate of drug-likeness (QED) is 0.831. The van der Waals surface area contributed by atoms with Crippen LogP contribution < -0.4 is 5.32 Å². The molecule has 1 aromatic heterocycles. The second-order valence-electron chi connectivity index (χ2n) is 4.86. The molecule has 2 aromatic rings. The number of hydrogen-bond acceptors (Lipinski definition) is 2. The molecule has 0 unspecified atom stereocenters. The Hall–Kier alpha value is -1.62. The molecule has 0 aliphatic heterocycles. The average molecular weight is 314 g/mol. The predicted molar refractivity (Wildman–Crippen MR) is 80.5 cm³/mol. The molecule has 3 nitrogen and oxygen atoms in total. The first-order chi connectivity index (χ1) is 10.0. The predicted octanol–water partition coefficient (Wildman–Crippen LogP) is 4.79. The number of rotatable bonds is 6. The summed E-state index contributed by atoms with van der Waals surface area (Å²) in [6, 6.07) is 4.12. The summed E-state index contributed by atoms with van der Waals surface area (Å²) in [7, 11) is 0. The van der Waals surface area contributed by atoms with E-state index in [0.717, 1.165) is 30.7 Å². The normalized spacial score (nSPS) is 11.1. The van der Waals surface area contributed by atoms with Gasteiger partial charge in [0.2, 0.25) is 0 Å². The van der Waals surface area contributed by atoms with E-state index in [2.05, 4.69) is 24.3 Å². The van der Waals surface area contributed by atoms with Crippen molar-refractivity contribution in [1.82, 2.24) is 9.78 Å². The number of aromatic nitrogens is 2. The van der Waals surface area contributed by atoms with Crippen molar-refractivity contribution in [2.45, 2.75) is 39.3 Å². The molecule has 0 saturated carbocycles. The highest BCUT2D eigenvalue weighted by atomic mass is 35.5. The molecule has 1 N–H and O–H groups in total. The minimum absolute atomic E-state index is 0.0203. The van der Waals surface area contributed by atoms with Gasteiger partial charge < -0.3 is 5.32 Å². The second kappa shape index (κ2) is 6.89. The van der Waals surface area contributed by atoms with Crippen molar-refractivity contribution in [3.63, 3.8) is 0 Å². The highest BCUT2D eigenvalue weighted by Gasteiger charge is 2.11. The molecule has 0 spiro atoms. The lowest BCUT2D eigenvalue weighted by Gasteiger charge is -2.12. The molecule has 21 heavy (non-hydrogen) atoms. The van der Waals surface area contributed by atoms with E-state index in [4.69, 9.17) is 11.6 Å². The molecule has 0 bridgehead atoms. The van der Waals surface area contributed by atoms with Crippen LogP contribution in [0.2, 0.25) is 5.02 Å². The van der Waals surface area contributed by atoms with Crippen molar-refractivity contribution < 1.29 is 8.78 Å². The fourth-order valence-corrected chi connectivity index (χ4v) is 2.49. The number of hydrogen-bond donors (Lipinski definition) is 1. The molecular formula is C15H18ClF2N3. The zero-order valence-corrected chi connectivity index (χ0v) is 12.8. The van der Waals surface area contributed by atoms with Gasteiger partial charge in [-0.1, -0.05) is 25.4 Å². The third-order valence-corrected chi connectivity index (χ3v) is 3.73. The van der Waals surface area contributed by atoms with Crippen LogP contribution in [0.25, 0.3) is 0 Å². The van der Waals surface area contributed by atoms with Crippen molar-refractivity contribution in [1.29, 1.82) is 0 Å². The van der Waals surface area contributed by atoms with Crippen LogP contribution in [0.3, 0.4) is 0 Å². The summed E-state index contributed by atoms with van der Waals surface area (Å²) in [6.07, 6.45) is 3.92. The van der Waals surface area contributed by atoms with Crippen molar-refractivity contribution in [2.24, 2.45) is 0 Å². The van der Waals surface area contributed by atoms with E-state index in [1.807, 2.05) is 16.9 Å². The van der Waals surface area contributed by atoms with Gasteiger partial charge in [-0.15, -0.1) is 0 Å². The summed E-state index contributed by atoms with van der Waals surface area (Å²) in [5, 5.41) is 7.34. The van der Waals surface area contributed by atoms with Crippen molar-refractivity contribution in [3.8, 4) is 0 Å². The summed E-state index contributed by atoms with van der Waals surface area (Å²) < 4.78 is 28.5. The maximum absolute atomic E-state index is 13.6. The number of nitrogens with one attached hydrogen (secondary N) is 1. The molecule has 0 saturated heterocycles. The fourth-order valence-electron chi connectivity index (χ4n) is 2.23. The Kier molecular flexibility index (Phi) is 5.17. The average Bonchev–Trinajstić information content (AvgIpc) is 2.87. The topological polar surface area (TPSA) is 29.9 Å². The zero-order valence-electron chi connectivity index (χ0n) is 12.0. The van der Waals surface area contributed by atoms with E-state index in [-0.39, 0.29) is 10.7 Å². The summed E-state index contributed by atoms with van der Waals surface area (Å²) in [4.78, 5) is 0. The first kappa shape index (κ1) is 15.8. The van der Waals surface area contributed by atoms with Crippen LogP contribution in [0, 0.1) is 11.6 Å². The first-order valence-corrected chi connectivity index (χ1v) is 7.35. The van der Waals surface area contributed by atoms with Gasteiger partial charge in [0.15, 0.2) is 5.82 Å².